The summed E-state index contributed by atoms with van der Waals surface area (Å²) in [7, 11) is -4.55. The Hall–Kier alpha value is -4.52. The van der Waals surface area contributed by atoms with E-state index in [4.69, 9.17) is 38.5 Å². The molecule has 1 aromatic carbocycles. The largest absolute Gasteiger partial charge is 0.461 e. The van der Waals surface area contributed by atoms with Crippen molar-refractivity contribution >= 4 is 36.9 Å². The summed E-state index contributed by atoms with van der Waals surface area (Å²) in [4.78, 5) is 38.6. The fourth-order valence-electron chi connectivity index (χ4n) is 5.51. The number of nitrogens with one attached hydrogen (secondary N) is 1. The molecule has 0 amide bonds. The van der Waals surface area contributed by atoms with Gasteiger partial charge in [0.15, 0.2) is 12.2 Å². The zero-order valence-corrected chi connectivity index (χ0v) is 28.8. The minimum absolute atomic E-state index is 0.0419. The molecule has 2 aromatic heterocycles. The fraction of sp³-hybridized carbons (Fsp3) is 0.485. The minimum Gasteiger partial charge on any atom is -0.461 e. The van der Waals surface area contributed by atoms with Crippen LogP contribution in [0.25, 0.3) is 5.52 Å². The van der Waals surface area contributed by atoms with E-state index >= 15 is 0 Å². The second kappa shape index (κ2) is 16.0. The van der Waals surface area contributed by atoms with Crippen LogP contribution in [0.3, 0.4) is 0 Å². The Labute approximate surface area is 288 Å². The predicted molar refractivity (Wildman–Crippen MR) is 175 cm³/mol. The molecule has 0 aliphatic carbocycles. The first-order valence-corrected chi connectivity index (χ1v) is 17.8. The SMILES string of the molecule is CCC(=O)O[C@H]1[C@H](c2ccc3c(N)ccnn23)O[C@](C#N)(CO[P@](=O)(N[C@@H](C)C(=O)OC2CCOCC2)Oc2ccccc2)[C@H]1OC(=O)CC. The van der Waals surface area contributed by atoms with Crippen LogP contribution in [0.15, 0.2) is 54.7 Å². The van der Waals surface area contributed by atoms with E-state index in [9.17, 15) is 24.2 Å². The van der Waals surface area contributed by atoms with Gasteiger partial charge in [0.1, 0.15) is 36.7 Å². The molecule has 0 bridgehead atoms. The number of fused-ring (bicyclic) bond motifs is 1. The third kappa shape index (κ3) is 8.26. The minimum atomic E-state index is -4.55. The normalized spacial score (nSPS) is 24.1. The lowest BCUT2D eigenvalue weighted by Crippen LogP contribution is -2.49. The third-order valence-electron chi connectivity index (χ3n) is 8.17. The van der Waals surface area contributed by atoms with Crippen LogP contribution in [0.4, 0.5) is 5.69 Å². The maximum absolute atomic E-state index is 14.4. The van der Waals surface area contributed by atoms with Gasteiger partial charge in [-0.2, -0.15) is 15.4 Å². The Kier molecular flexibility index (Phi) is 11.8. The first-order valence-electron chi connectivity index (χ1n) is 16.3. The number of esters is 3. The first-order chi connectivity index (χ1) is 24.0. The Morgan fingerprint density at radius 3 is 2.46 bits per heavy atom. The van der Waals surface area contributed by atoms with Crippen LogP contribution in [0, 0.1) is 11.3 Å². The van der Waals surface area contributed by atoms with Gasteiger partial charge in [-0.3, -0.25) is 18.9 Å². The maximum atomic E-state index is 14.4. The van der Waals surface area contributed by atoms with Crippen molar-refractivity contribution in [1.82, 2.24) is 14.7 Å². The number of carbonyl (C=O) groups is 3. The number of rotatable bonds is 14. The molecule has 16 nitrogen and oxygen atoms in total. The van der Waals surface area contributed by atoms with Gasteiger partial charge >= 0.3 is 25.7 Å². The van der Waals surface area contributed by atoms with E-state index in [1.807, 2.05) is 6.07 Å². The second-order valence-electron chi connectivity index (χ2n) is 11.7. The lowest BCUT2D eigenvalue weighted by Gasteiger charge is -2.30. The average molecular weight is 714 g/mol. The van der Waals surface area contributed by atoms with Crippen LogP contribution < -0.4 is 15.3 Å². The van der Waals surface area contributed by atoms with Crippen LogP contribution in [0.5, 0.6) is 5.75 Å². The van der Waals surface area contributed by atoms with Crippen molar-refractivity contribution in [3.63, 3.8) is 0 Å². The number of carbonyl (C=O) groups excluding carboxylic acids is 3. The standard InChI is InChI=1S/C33H40N5O11P/c1-4-27(39)46-30-29(26-12-11-25-24(35)13-16-36-38(25)26)48-33(19-34,31(30)47-28(40)5-2)20-44-50(42,49-23-9-7-6-8-10-23)37-21(3)32(41)45-22-14-17-43-18-15-22/h6-13,16,21-22,29-31H,4-5,14-15,17-18,20,35H2,1-3H3,(H,37,42)/t21-,29-,30-,31-,33+,50+/m0/s1. The molecule has 2 aliphatic rings. The Balaban J connectivity index is 1.49. The number of aromatic nitrogens is 2. The van der Waals surface area contributed by atoms with E-state index in [0.29, 0.717) is 43.0 Å². The molecule has 4 heterocycles. The highest BCUT2D eigenvalue weighted by molar-refractivity contribution is 7.52. The fourth-order valence-corrected chi connectivity index (χ4v) is 7.03. The van der Waals surface area contributed by atoms with Crippen LogP contribution in [-0.2, 0) is 47.2 Å². The van der Waals surface area contributed by atoms with Gasteiger partial charge in [0.25, 0.3) is 0 Å². The molecule has 5 rings (SSSR count). The molecule has 50 heavy (non-hydrogen) atoms. The number of hydrogen-bond donors (Lipinski definition) is 2. The Morgan fingerprint density at radius 1 is 1.08 bits per heavy atom. The van der Waals surface area contributed by atoms with Gasteiger partial charge in [-0.25, -0.2) is 9.08 Å². The summed E-state index contributed by atoms with van der Waals surface area (Å²) in [6.45, 7) is 4.60. The number of benzene rings is 1. The summed E-state index contributed by atoms with van der Waals surface area (Å²) < 4.78 is 56.4. The van der Waals surface area contributed by atoms with Crippen molar-refractivity contribution in [2.24, 2.45) is 0 Å². The van der Waals surface area contributed by atoms with Crippen LogP contribution in [-0.4, -0.2) is 77.3 Å². The van der Waals surface area contributed by atoms with Crippen molar-refractivity contribution < 1.29 is 51.7 Å². The quantitative estimate of drug-likeness (QED) is 0.138. The number of para-hydroxylation sites is 1. The highest BCUT2D eigenvalue weighted by Gasteiger charge is 2.62. The van der Waals surface area contributed by atoms with Gasteiger partial charge in [-0.05, 0) is 37.3 Å². The number of nitrogen functional groups attached to an aromatic ring is 1. The van der Waals surface area contributed by atoms with Crippen LogP contribution >= 0.6 is 7.75 Å². The molecular weight excluding hydrogens is 673 g/mol. The summed E-state index contributed by atoms with van der Waals surface area (Å²) >= 11 is 0. The van der Waals surface area contributed by atoms with Gasteiger partial charge in [0.2, 0.25) is 5.60 Å². The van der Waals surface area contributed by atoms with E-state index in [2.05, 4.69) is 10.2 Å². The lowest BCUT2D eigenvalue weighted by molar-refractivity contribution is -0.169. The monoisotopic (exact) mass is 713 g/mol. The van der Waals surface area contributed by atoms with Crippen molar-refractivity contribution in [2.45, 2.75) is 82.5 Å². The first kappa shape index (κ1) is 36.8. The number of nitrogens with two attached hydrogens (primary N) is 1. The third-order valence-corrected chi connectivity index (χ3v) is 9.79. The molecule has 2 fully saturated rings. The summed E-state index contributed by atoms with van der Waals surface area (Å²) in [5.74, 6) is -1.99. The predicted octanol–water partition coefficient (Wildman–Crippen LogP) is 3.80. The molecule has 268 valence electrons. The molecule has 3 aromatic rings. The molecule has 2 saturated heterocycles. The topological polar surface area (TPSA) is 212 Å². The smallest absolute Gasteiger partial charge is 0.459 e. The van der Waals surface area contributed by atoms with Gasteiger partial charge < -0.3 is 33.9 Å². The lowest BCUT2D eigenvalue weighted by atomic mass is 9.95. The number of hydrogen-bond acceptors (Lipinski definition) is 14. The van der Waals surface area contributed by atoms with Gasteiger partial charge in [-0.15, -0.1) is 0 Å². The summed E-state index contributed by atoms with van der Waals surface area (Å²) in [5.41, 5.74) is 5.15. The van der Waals surface area contributed by atoms with Gasteiger partial charge in [-0.1, -0.05) is 32.0 Å². The molecule has 2 aliphatic heterocycles. The van der Waals surface area contributed by atoms with Crippen molar-refractivity contribution in [2.75, 3.05) is 25.6 Å². The van der Waals surface area contributed by atoms with E-state index in [-0.39, 0.29) is 24.7 Å². The highest BCUT2D eigenvalue weighted by Crippen LogP contribution is 2.50. The molecular formula is C33H40N5O11P. The number of nitrogens with zero attached hydrogens (tertiary/aromatic N) is 3. The summed E-state index contributed by atoms with van der Waals surface area (Å²) in [6, 6.07) is 13.8. The van der Waals surface area contributed by atoms with Crippen LogP contribution in [0.2, 0.25) is 0 Å². The molecule has 0 unspecified atom stereocenters. The average Bonchev–Trinajstić information content (AvgIpc) is 3.68. The maximum Gasteiger partial charge on any atom is 0.459 e. The van der Waals surface area contributed by atoms with E-state index < -0.39 is 62.2 Å². The highest BCUT2D eigenvalue weighted by atomic mass is 31.2. The zero-order chi connectivity index (χ0) is 35.9. The molecule has 3 N–H and O–H groups in total. The van der Waals surface area contributed by atoms with Crippen molar-refractivity contribution in [3.8, 4) is 11.8 Å². The van der Waals surface area contributed by atoms with E-state index in [0.717, 1.165) is 0 Å². The van der Waals surface area contributed by atoms with Gasteiger partial charge in [0.05, 0.1) is 30.1 Å². The van der Waals surface area contributed by atoms with E-state index in [1.54, 1.807) is 50.2 Å². The molecule has 0 radical (unpaired) electrons. The van der Waals surface area contributed by atoms with Crippen molar-refractivity contribution in [1.29, 1.82) is 5.26 Å². The molecule has 0 saturated carbocycles. The Bertz CT molecular complexity index is 1760. The molecule has 17 heteroatoms. The molecule has 0 spiro atoms. The number of anilines is 1. The second-order valence-corrected chi connectivity index (χ2v) is 13.4. The number of nitriles is 1. The summed E-state index contributed by atoms with van der Waals surface area (Å²) in [5, 5.41) is 17.7. The van der Waals surface area contributed by atoms with Gasteiger partial charge in [0, 0.05) is 31.9 Å². The number of ether oxygens (including phenoxy) is 5. The van der Waals surface area contributed by atoms with E-state index in [1.165, 1.54) is 29.8 Å². The Morgan fingerprint density at radius 2 is 1.78 bits per heavy atom. The zero-order valence-electron chi connectivity index (χ0n) is 27.9. The van der Waals surface area contributed by atoms with Crippen LogP contribution in [0.1, 0.15) is 58.3 Å². The summed E-state index contributed by atoms with van der Waals surface area (Å²) in [6.07, 6.45) is -2.22. The van der Waals surface area contributed by atoms with Crippen molar-refractivity contribution in [3.05, 3.63) is 60.4 Å². The molecule has 6 atom stereocenters.